The van der Waals surface area contributed by atoms with Crippen LogP contribution in [0.5, 0.6) is 5.88 Å². The lowest BCUT2D eigenvalue weighted by Crippen LogP contribution is -2.23. The standard InChI is InChI=1S/C21H27N5O3S/c1-2-15-9-10-29-20-18(12-23-26(15)20)30(22,28)25-21(27)24-19-16-7-3-5-13(16)11-14-6-4-8-17(14)19/h11-12,15H,2-10H2,1H3,(H3,22,24,25,27,28)/t15-,30?/m1/s1. The minimum atomic E-state index is -3.48. The highest BCUT2D eigenvalue weighted by Gasteiger charge is 2.29. The van der Waals surface area contributed by atoms with E-state index in [0.29, 0.717) is 12.5 Å². The van der Waals surface area contributed by atoms with Crippen LogP contribution in [-0.2, 0) is 35.6 Å². The number of urea groups is 1. The Kier molecular flexibility index (Phi) is 4.82. The third kappa shape index (κ3) is 3.20. The summed E-state index contributed by atoms with van der Waals surface area (Å²) in [5.74, 6) is 0.360. The highest BCUT2D eigenvalue weighted by molar-refractivity contribution is 7.91. The van der Waals surface area contributed by atoms with Crippen molar-refractivity contribution in [2.45, 2.75) is 69.2 Å². The van der Waals surface area contributed by atoms with E-state index in [1.807, 2.05) is 0 Å². The minimum absolute atomic E-state index is 0.168. The molecule has 0 bridgehead atoms. The molecule has 3 aliphatic rings. The maximum atomic E-state index is 13.2. The van der Waals surface area contributed by atoms with Crippen LogP contribution in [0.25, 0.3) is 0 Å². The van der Waals surface area contributed by atoms with Crippen LogP contribution < -0.4 is 15.2 Å². The summed E-state index contributed by atoms with van der Waals surface area (Å²) in [6.45, 7) is 2.57. The molecule has 2 amide bonds. The van der Waals surface area contributed by atoms with Crippen molar-refractivity contribution >= 4 is 21.6 Å². The van der Waals surface area contributed by atoms with E-state index < -0.39 is 15.9 Å². The van der Waals surface area contributed by atoms with E-state index in [1.165, 1.54) is 28.5 Å². The number of carbonyl (C=O) groups is 1. The number of hydrogen-bond donors (Lipinski definition) is 2. The SMILES string of the molecule is CC[C@@H]1CCOc2c(S(N)(=O)=NC(=O)Nc3c4c(cc5c3CCC5)CCC4)cnn21. The van der Waals surface area contributed by atoms with E-state index in [9.17, 15) is 9.00 Å². The molecule has 0 fully saturated rings. The molecule has 0 spiro atoms. The number of amides is 2. The molecular weight excluding hydrogens is 402 g/mol. The Labute approximate surface area is 176 Å². The molecule has 1 aromatic heterocycles. The fourth-order valence-electron chi connectivity index (χ4n) is 4.99. The van der Waals surface area contributed by atoms with Gasteiger partial charge in [0, 0.05) is 12.1 Å². The molecule has 0 saturated carbocycles. The number of aryl methyl sites for hydroxylation is 2. The Hall–Kier alpha value is -2.39. The maximum absolute atomic E-state index is 13.2. The number of benzene rings is 1. The number of nitrogens with one attached hydrogen (secondary N) is 1. The first-order valence-corrected chi connectivity index (χ1v) is 12.3. The van der Waals surface area contributed by atoms with Crippen molar-refractivity contribution in [2.24, 2.45) is 9.50 Å². The number of nitrogens with zero attached hydrogens (tertiary/aromatic N) is 3. The van der Waals surface area contributed by atoms with E-state index >= 15 is 0 Å². The van der Waals surface area contributed by atoms with Gasteiger partial charge in [0.1, 0.15) is 4.90 Å². The van der Waals surface area contributed by atoms with Crippen LogP contribution in [0.15, 0.2) is 21.5 Å². The van der Waals surface area contributed by atoms with Gasteiger partial charge in [0.25, 0.3) is 0 Å². The van der Waals surface area contributed by atoms with Crippen molar-refractivity contribution in [1.29, 1.82) is 0 Å². The smallest absolute Gasteiger partial charge is 0.354 e. The summed E-state index contributed by atoms with van der Waals surface area (Å²) in [5, 5.41) is 13.3. The Morgan fingerprint density at radius 1 is 1.30 bits per heavy atom. The number of rotatable bonds is 3. The number of nitrogens with two attached hydrogens (primary N) is 1. The lowest BCUT2D eigenvalue weighted by Gasteiger charge is -2.24. The van der Waals surface area contributed by atoms with Crippen LogP contribution in [0.2, 0.25) is 0 Å². The van der Waals surface area contributed by atoms with Gasteiger partial charge < -0.3 is 10.1 Å². The summed E-state index contributed by atoms with van der Waals surface area (Å²) in [5.41, 5.74) is 5.87. The normalized spacial score (nSPS) is 21.2. The van der Waals surface area contributed by atoms with Crippen LogP contribution in [0.1, 0.15) is 60.9 Å². The molecular formula is C21H27N5O3S. The molecule has 2 aromatic rings. The molecule has 160 valence electrons. The van der Waals surface area contributed by atoms with E-state index in [0.717, 1.165) is 57.1 Å². The van der Waals surface area contributed by atoms with E-state index in [2.05, 4.69) is 27.8 Å². The molecule has 1 aromatic carbocycles. The second-order valence-corrected chi connectivity index (χ2v) is 10.0. The van der Waals surface area contributed by atoms with Gasteiger partial charge in [-0.1, -0.05) is 13.0 Å². The predicted molar refractivity (Wildman–Crippen MR) is 114 cm³/mol. The fourth-order valence-corrected chi connectivity index (χ4v) is 5.98. The zero-order valence-corrected chi connectivity index (χ0v) is 18.0. The summed E-state index contributed by atoms with van der Waals surface area (Å²) in [4.78, 5) is 13.0. The molecule has 30 heavy (non-hydrogen) atoms. The largest absolute Gasteiger partial charge is 0.477 e. The van der Waals surface area contributed by atoms with Crippen molar-refractivity contribution in [3.63, 3.8) is 0 Å². The summed E-state index contributed by atoms with van der Waals surface area (Å²) in [6, 6.07) is 1.78. The summed E-state index contributed by atoms with van der Waals surface area (Å²) < 4.78 is 24.5. The first-order chi connectivity index (χ1) is 14.5. The number of hydrogen-bond acceptors (Lipinski definition) is 4. The molecule has 2 heterocycles. The minimum Gasteiger partial charge on any atom is -0.477 e. The van der Waals surface area contributed by atoms with Crippen LogP contribution in [0.3, 0.4) is 0 Å². The van der Waals surface area contributed by atoms with Gasteiger partial charge in [-0.05, 0) is 67.2 Å². The van der Waals surface area contributed by atoms with Crippen LogP contribution in [0, 0.1) is 0 Å². The van der Waals surface area contributed by atoms with Gasteiger partial charge in [-0.3, -0.25) is 0 Å². The number of fused-ring (bicyclic) bond motifs is 3. The van der Waals surface area contributed by atoms with Gasteiger partial charge in [0.05, 0.1) is 18.8 Å². The van der Waals surface area contributed by atoms with Gasteiger partial charge in [-0.25, -0.2) is 18.8 Å². The Bertz CT molecular complexity index is 1110. The maximum Gasteiger partial charge on any atom is 0.354 e. The zero-order valence-electron chi connectivity index (χ0n) is 17.1. The Morgan fingerprint density at radius 3 is 2.67 bits per heavy atom. The molecule has 0 saturated heterocycles. The molecule has 3 N–H and O–H groups in total. The molecule has 8 nitrogen and oxygen atoms in total. The van der Waals surface area contributed by atoms with Crippen LogP contribution in [-0.4, -0.2) is 26.6 Å². The molecule has 0 radical (unpaired) electrons. The average molecular weight is 430 g/mol. The van der Waals surface area contributed by atoms with Gasteiger partial charge >= 0.3 is 6.03 Å². The molecule has 1 aliphatic heterocycles. The average Bonchev–Trinajstić information content (AvgIpc) is 3.45. The van der Waals surface area contributed by atoms with Crippen LogP contribution >= 0.6 is 0 Å². The highest BCUT2D eigenvalue weighted by atomic mass is 32.2. The van der Waals surface area contributed by atoms with Crippen molar-refractivity contribution < 1.29 is 13.7 Å². The van der Waals surface area contributed by atoms with Gasteiger partial charge in [-0.15, -0.1) is 4.36 Å². The zero-order chi connectivity index (χ0) is 20.9. The van der Waals surface area contributed by atoms with E-state index in [-0.39, 0.29) is 10.9 Å². The van der Waals surface area contributed by atoms with Crippen molar-refractivity contribution in [3.8, 4) is 5.88 Å². The lowest BCUT2D eigenvalue weighted by molar-refractivity contribution is 0.185. The van der Waals surface area contributed by atoms with Crippen molar-refractivity contribution in [1.82, 2.24) is 9.78 Å². The highest BCUT2D eigenvalue weighted by Crippen LogP contribution is 2.39. The summed E-state index contributed by atoms with van der Waals surface area (Å²) in [6.07, 6.45) is 9.26. The topological polar surface area (TPSA) is 112 Å². The summed E-state index contributed by atoms with van der Waals surface area (Å²) in [7, 11) is -3.48. The van der Waals surface area contributed by atoms with Crippen LogP contribution in [0.4, 0.5) is 10.5 Å². The summed E-state index contributed by atoms with van der Waals surface area (Å²) >= 11 is 0. The molecule has 2 aliphatic carbocycles. The Morgan fingerprint density at radius 2 is 2.00 bits per heavy atom. The molecule has 9 heteroatoms. The van der Waals surface area contributed by atoms with E-state index in [1.54, 1.807) is 4.68 Å². The number of ether oxygens (including phenoxy) is 1. The van der Waals surface area contributed by atoms with Crippen molar-refractivity contribution in [2.75, 3.05) is 11.9 Å². The lowest BCUT2D eigenvalue weighted by atomic mass is 9.99. The van der Waals surface area contributed by atoms with Crippen molar-refractivity contribution in [3.05, 3.63) is 34.5 Å². The second-order valence-electron chi connectivity index (χ2n) is 8.28. The number of aromatic nitrogens is 2. The van der Waals surface area contributed by atoms with E-state index in [4.69, 9.17) is 9.88 Å². The monoisotopic (exact) mass is 429 g/mol. The first-order valence-electron chi connectivity index (χ1n) is 10.7. The fraction of sp³-hybridized carbons (Fsp3) is 0.524. The van der Waals surface area contributed by atoms with Gasteiger partial charge in [0.2, 0.25) is 5.88 Å². The third-order valence-corrected chi connectivity index (χ3v) is 7.81. The number of anilines is 1. The molecule has 5 rings (SSSR count). The van der Waals surface area contributed by atoms with Gasteiger partial charge in [0.15, 0.2) is 9.92 Å². The molecule has 1 unspecified atom stereocenters. The Balaban J connectivity index is 1.48. The third-order valence-electron chi connectivity index (χ3n) is 6.46. The quantitative estimate of drug-likeness (QED) is 0.777. The predicted octanol–water partition coefficient (Wildman–Crippen LogP) is 3.53. The first kappa shape index (κ1) is 19.6. The second kappa shape index (κ2) is 7.39. The molecule has 2 atom stereocenters. The van der Waals surface area contributed by atoms with Gasteiger partial charge in [-0.2, -0.15) is 5.10 Å². The number of carbonyl (C=O) groups excluding carboxylic acids is 1.